The fourth-order valence-corrected chi connectivity index (χ4v) is 2.96. The number of hydrogen-bond acceptors (Lipinski definition) is 2. The quantitative estimate of drug-likeness (QED) is 0.771. The van der Waals surface area contributed by atoms with Crippen LogP contribution in [0.15, 0.2) is 0 Å². The van der Waals surface area contributed by atoms with Crippen molar-refractivity contribution in [3.63, 3.8) is 0 Å². The third-order valence-corrected chi connectivity index (χ3v) is 4.97. The lowest BCUT2D eigenvalue weighted by Gasteiger charge is -2.42. The minimum Gasteiger partial charge on any atom is -0.329 e. The second-order valence-electron chi connectivity index (χ2n) is 6.41. The molecule has 1 fully saturated rings. The molecular formula is C15H32N2. The lowest BCUT2D eigenvalue weighted by Crippen LogP contribution is -2.50. The van der Waals surface area contributed by atoms with E-state index in [9.17, 15) is 0 Å². The van der Waals surface area contributed by atoms with Crippen LogP contribution < -0.4 is 5.73 Å². The molecule has 1 unspecified atom stereocenters. The zero-order valence-electron chi connectivity index (χ0n) is 12.3. The molecule has 1 aliphatic rings. The topological polar surface area (TPSA) is 29.3 Å². The SMILES string of the molecule is CCC(C)(C)N(C)C(CN)CC1CCCCC1. The van der Waals surface area contributed by atoms with Crippen LogP contribution in [0, 0.1) is 5.92 Å². The van der Waals surface area contributed by atoms with Gasteiger partial charge in [-0.25, -0.2) is 0 Å². The molecule has 2 nitrogen and oxygen atoms in total. The van der Waals surface area contributed by atoms with Crippen molar-refractivity contribution >= 4 is 0 Å². The van der Waals surface area contributed by atoms with E-state index in [2.05, 4.69) is 32.7 Å². The second kappa shape index (κ2) is 6.75. The highest BCUT2D eigenvalue weighted by Crippen LogP contribution is 2.30. The molecule has 1 rings (SSSR count). The highest BCUT2D eigenvalue weighted by atomic mass is 15.2. The Hall–Kier alpha value is -0.0800. The van der Waals surface area contributed by atoms with Crippen LogP contribution >= 0.6 is 0 Å². The molecule has 0 aliphatic heterocycles. The molecule has 0 bridgehead atoms. The molecule has 102 valence electrons. The summed E-state index contributed by atoms with van der Waals surface area (Å²) in [5.74, 6) is 0.924. The zero-order chi connectivity index (χ0) is 12.9. The van der Waals surface area contributed by atoms with Gasteiger partial charge in [-0.05, 0) is 39.7 Å². The van der Waals surface area contributed by atoms with Crippen molar-refractivity contribution in [3.05, 3.63) is 0 Å². The van der Waals surface area contributed by atoms with E-state index in [1.807, 2.05) is 0 Å². The highest BCUT2D eigenvalue weighted by molar-refractivity contribution is 4.85. The molecule has 2 N–H and O–H groups in total. The van der Waals surface area contributed by atoms with Crippen molar-refractivity contribution in [1.29, 1.82) is 0 Å². The van der Waals surface area contributed by atoms with Crippen LogP contribution in [0.3, 0.4) is 0 Å². The molecule has 0 radical (unpaired) electrons. The molecule has 0 amide bonds. The Morgan fingerprint density at radius 1 is 1.24 bits per heavy atom. The summed E-state index contributed by atoms with van der Waals surface area (Å²) in [5.41, 5.74) is 6.28. The lowest BCUT2D eigenvalue weighted by molar-refractivity contribution is 0.0812. The van der Waals surface area contributed by atoms with Gasteiger partial charge in [0.25, 0.3) is 0 Å². The molecular weight excluding hydrogens is 208 g/mol. The summed E-state index contributed by atoms with van der Waals surface area (Å²) in [6.45, 7) is 7.73. The van der Waals surface area contributed by atoms with Gasteiger partial charge in [0, 0.05) is 18.1 Å². The summed E-state index contributed by atoms with van der Waals surface area (Å²) in [6.07, 6.45) is 9.65. The van der Waals surface area contributed by atoms with Crippen molar-refractivity contribution < 1.29 is 0 Å². The maximum Gasteiger partial charge on any atom is 0.0223 e. The first-order chi connectivity index (χ1) is 8.01. The smallest absolute Gasteiger partial charge is 0.0223 e. The number of nitrogens with two attached hydrogens (primary N) is 1. The summed E-state index contributed by atoms with van der Waals surface area (Å²) in [4.78, 5) is 2.52. The maximum absolute atomic E-state index is 6.00. The fourth-order valence-electron chi connectivity index (χ4n) is 2.96. The number of likely N-dealkylation sites (N-methyl/N-ethyl adjacent to an activating group) is 1. The second-order valence-corrected chi connectivity index (χ2v) is 6.41. The average molecular weight is 240 g/mol. The highest BCUT2D eigenvalue weighted by Gasteiger charge is 2.29. The Balaban J connectivity index is 2.51. The van der Waals surface area contributed by atoms with Crippen LogP contribution in [-0.4, -0.2) is 30.1 Å². The predicted octanol–water partition coefficient (Wildman–Crippen LogP) is 3.40. The van der Waals surface area contributed by atoms with Gasteiger partial charge in [-0.15, -0.1) is 0 Å². The van der Waals surface area contributed by atoms with Crippen LogP contribution in [-0.2, 0) is 0 Å². The first-order valence-corrected chi connectivity index (χ1v) is 7.44. The summed E-state index contributed by atoms with van der Waals surface area (Å²) < 4.78 is 0. The van der Waals surface area contributed by atoms with E-state index < -0.39 is 0 Å². The Morgan fingerprint density at radius 2 is 1.82 bits per heavy atom. The monoisotopic (exact) mass is 240 g/mol. The largest absolute Gasteiger partial charge is 0.329 e. The van der Waals surface area contributed by atoms with Crippen LogP contribution in [0.2, 0.25) is 0 Å². The van der Waals surface area contributed by atoms with Gasteiger partial charge in [-0.3, -0.25) is 4.90 Å². The zero-order valence-corrected chi connectivity index (χ0v) is 12.3. The first kappa shape index (κ1) is 15.0. The number of hydrogen-bond donors (Lipinski definition) is 1. The van der Waals surface area contributed by atoms with Gasteiger partial charge in [0.05, 0.1) is 0 Å². The van der Waals surface area contributed by atoms with Crippen LogP contribution in [0.25, 0.3) is 0 Å². The molecule has 1 aliphatic carbocycles. The first-order valence-electron chi connectivity index (χ1n) is 7.44. The van der Waals surface area contributed by atoms with Crippen molar-refractivity contribution in [2.45, 2.75) is 77.3 Å². The summed E-state index contributed by atoms with van der Waals surface area (Å²) in [5, 5.41) is 0. The van der Waals surface area contributed by atoms with E-state index in [0.29, 0.717) is 6.04 Å². The van der Waals surface area contributed by atoms with E-state index in [1.54, 1.807) is 0 Å². The maximum atomic E-state index is 6.00. The van der Waals surface area contributed by atoms with Gasteiger partial charge in [0.2, 0.25) is 0 Å². The van der Waals surface area contributed by atoms with Gasteiger partial charge in [-0.2, -0.15) is 0 Å². The van der Waals surface area contributed by atoms with Crippen LogP contribution in [0.1, 0.15) is 65.7 Å². The standard InChI is InChI=1S/C15H32N2/c1-5-15(2,3)17(4)14(12-16)11-13-9-7-6-8-10-13/h13-14H,5-12,16H2,1-4H3. The summed E-state index contributed by atoms with van der Waals surface area (Å²) in [7, 11) is 2.25. The van der Waals surface area contributed by atoms with Gasteiger partial charge in [-0.1, -0.05) is 39.0 Å². The molecule has 0 spiro atoms. The Bertz CT molecular complexity index is 207. The minimum atomic E-state index is 0.276. The Morgan fingerprint density at radius 3 is 2.29 bits per heavy atom. The van der Waals surface area contributed by atoms with E-state index in [4.69, 9.17) is 5.73 Å². The molecule has 0 aromatic rings. The third kappa shape index (κ3) is 4.26. The van der Waals surface area contributed by atoms with E-state index in [1.165, 1.54) is 44.9 Å². The van der Waals surface area contributed by atoms with Crippen LogP contribution in [0.4, 0.5) is 0 Å². The molecule has 17 heavy (non-hydrogen) atoms. The van der Waals surface area contributed by atoms with E-state index >= 15 is 0 Å². The molecule has 0 aromatic heterocycles. The van der Waals surface area contributed by atoms with Gasteiger partial charge >= 0.3 is 0 Å². The van der Waals surface area contributed by atoms with Crippen molar-refractivity contribution in [3.8, 4) is 0 Å². The van der Waals surface area contributed by atoms with E-state index in [-0.39, 0.29) is 5.54 Å². The van der Waals surface area contributed by atoms with Gasteiger partial charge in [0.1, 0.15) is 0 Å². The predicted molar refractivity (Wildman–Crippen MR) is 76.2 cm³/mol. The Kier molecular flexibility index (Phi) is 5.94. The van der Waals surface area contributed by atoms with Crippen molar-refractivity contribution in [1.82, 2.24) is 4.90 Å². The summed E-state index contributed by atoms with van der Waals surface area (Å²) in [6, 6.07) is 0.563. The van der Waals surface area contributed by atoms with Crippen LogP contribution in [0.5, 0.6) is 0 Å². The van der Waals surface area contributed by atoms with Gasteiger partial charge in [0.15, 0.2) is 0 Å². The molecule has 0 aromatic carbocycles. The number of nitrogens with zero attached hydrogens (tertiary/aromatic N) is 1. The summed E-state index contributed by atoms with van der Waals surface area (Å²) >= 11 is 0. The third-order valence-electron chi connectivity index (χ3n) is 4.97. The minimum absolute atomic E-state index is 0.276. The normalized spacial score (nSPS) is 20.8. The van der Waals surface area contributed by atoms with E-state index in [0.717, 1.165) is 12.5 Å². The molecule has 0 heterocycles. The lowest BCUT2D eigenvalue weighted by atomic mass is 9.83. The van der Waals surface area contributed by atoms with Crippen molar-refractivity contribution in [2.24, 2.45) is 11.7 Å². The molecule has 1 atom stereocenters. The number of rotatable bonds is 6. The fraction of sp³-hybridized carbons (Fsp3) is 1.00. The molecule has 1 saturated carbocycles. The molecule has 2 heteroatoms. The van der Waals surface area contributed by atoms with Gasteiger partial charge < -0.3 is 5.73 Å². The Labute approximate surface area is 108 Å². The molecule has 0 saturated heterocycles. The van der Waals surface area contributed by atoms with Crippen molar-refractivity contribution in [2.75, 3.05) is 13.6 Å². The average Bonchev–Trinajstić information content (AvgIpc) is 2.36.